The van der Waals surface area contributed by atoms with Gasteiger partial charge in [-0.25, -0.2) is 4.79 Å². The number of amides is 2. The summed E-state index contributed by atoms with van der Waals surface area (Å²) >= 11 is 0. The van der Waals surface area contributed by atoms with Gasteiger partial charge in [0.15, 0.2) is 0 Å². The first-order valence-corrected chi connectivity index (χ1v) is 5.97. The summed E-state index contributed by atoms with van der Waals surface area (Å²) in [6.07, 6.45) is 0. The second kappa shape index (κ2) is 5.19. The minimum atomic E-state index is 0.111. The van der Waals surface area contributed by atoms with E-state index in [1.807, 2.05) is 30.1 Å². The molecule has 2 rings (SSSR count). The Morgan fingerprint density at radius 2 is 2.00 bits per heavy atom. The normalized spacial score (nSPS) is 17.6. The van der Waals surface area contributed by atoms with Crippen LogP contribution in [0.4, 0.5) is 4.79 Å². The third kappa shape index (κ3) is 2.58. The fourth-order valence-corrected chi connectivity index (χ4v) is 2.18. The monoisotopic (exact) mass is 233 g/mol. The van der Waals surface area contributed by atoms with Crippen LogP contribution in [0.3, 0.4) is 0 Å². The Bertz CT molecular complexity index is 380. The van der Waals surface area contributed by atoms with Gasteiger partial charge >= 0.3 is 6.03 Å². The van der Waals surface area contributed by atoms with E-state index in [1.54, 1.807) is 4.90 Å². The van der Waals surface area contributed by atoms with Crippen molar-refractivity contribution in [2.45, 2.75) is 5.92 Å². The molecule has 1 aromatic rings. The van der Waals surface area contributed by atoms with E-state index < -0.39 is 0 Å². The van der Waals surface area contributed by atoms with Gasteiger partial charge in [0.2, 0.25) is 0 Å². The molecular weight excluding hydrogens is 214 g/mol. The van der Waals surface area contributed by atoms with E-state index in [0.29, 0.717) is 13.1 Å². The van der Waals surface area contributed by atoms with Crippen LogP contribution in [0.2, 0.25) is 0 Å². The molecule has 0 aromatic heterocycles. The van der Waals surface area contributed by atoms with Crippen LogP contribution in [-0.2, 0) is 0 Å². The highest BCUT2D eigenvalue weighted by molar-refractivity contribution is 5.76. The zero-order valence-electron chi connectivity index (χ0n) is 10.2. The van der Waals surface area contributed by atoms with E-state index in [2.05, 4.69) is 12.1 Å². The summed E-state index contributed by atoms with van der Waals surface area (Å²) in [5.41, 5.74) is 7.02. The van der Waals surface area contributed by atoms with Crippen LogP contribution in [0.15, 0.2) is 30.3 Å². The number of hydrogen-bond acceptors (Lipinski definition) is 2. The lowest BCUT2D eigenvalue weighted by atomic mass is 9.99. The molecule has 1 aliphatic rings. The maximum absolute atomic E-state index is 11.8. The maximum Gasteiger partial charge on any atom is 0.319 e. The number of rotatable bonds is 4. The number of likely N-dealkylation sites (N-methyl/N-ethyl adjacent to an activating group) is 1. The third-order valence-electron chi connectivity index (χ3n) is 3.30. The van der Waals surface area contributed by atoms with Crippen molar-refractivity contribution < 1.29 is 4.79 Å². The van der Waals surface area contributed by atoms with Crippen molar-refractivity contribution in [3.05, 3.63) is 35.9 Å². The molecule has 1 atom stereocenters. The van der Waals surface area contributed by atoms with Crippen molar-refractivity contribution in [1.82, 2.24) is 9.80 Å². The van der Waals surface area contributed by atoms with Crippen molar-refractivity contribution in [3.63, 3.8) is 0 Å². The molecule has 0 saturated carbocycles. The van der Waals surface area contributed by atoms with E-state index in [-0.39, 0.29) is 11.9 Å². The highest BCUT2D eigenvalue weighted by Crippen LogP contribution is 2.18. The number of benzene rings is 1. The fraction of sp³-hybridized carbons (Fsp3) is 0.462. The minimum Gasteiger partial charge on any atom is -0.330 e. The summed E-state index contributed by atoms with van der Waals surface area (Å²) in [4.78, 5) is 15.4. The van der Waals surface area contributed by atoms with Crippen LogP contribution in [0.1, 0.15) is 11.5 Å². The average molecular weight is 233 g/mol. The van der Waals surface area contributed by atoms with Crippen LogP contribution < -0.4 is 5.73 Å². The van der Waals surface area contributed by atoms with Crippen LogP contribution in [0.5, 0.6) is 0 Å². The van der Waals surface area contributed by atoms with E-state index in [4.69, 9.17) is 5.73 Å². The smallest absolute Gasteiger partial charge is 0.319 e. The molecule has 1 aromatic carbocycles. The number of nitrogens with zero attached hydrogens (tertiary/aromatic N) is 2. The lowest BCUT2D eigenvalue weighted by Gasteiger charge is -2.22. The Balaban J connectivity index is 2.04. The zero-order chi connectivity index (χ0) is 12.3. The molecule has 0 spiro atoms. The lowest BCUT2D eigenvalue weighted by Crippen LogP contribution is -2.35. The van der Waals surface area contributed by atoms with Gasteiger partial charge in [-0.05, 0) is 5.56 Å². The molecule has 0 aliphatic carbocycles. The Kier molecular flexibility index (Phi) is 3.64. The van der Waals surface area contributed by atoms with Crippen LogP contribution in [0, 0.1) is 0 Å². The molecular formula is C13H19N3O. The Morgan fingerprint density at radius 1 is 1.29 bits per heavy atom. The van der Waals surface area contributed by atoms with Gasteiger partial charge in [0.25, 0.3) is 0 Å². The van der Waals surface area contributed by atoms with Gasteiger partial charge in [0, 0.05) is 39.1 Å². The Hall–Kier alpha value is -1.55. The van der Waals surface area contributed by atoms with Crippen LogP contribution >= 0.6 is 0 Å². The molecule has 2 N–H and O–H groups in total. The van der Waals surface area contributed by atoms with E-state index in [9.17, 15) is 4.79 Å². The first-order valence-electron chi connectivity index (χ1n) is 5.97. The highest BCUT2D eigenvalue weighted by Gasteiger charge is 2.27. The SMILES string of the molecule is CN1CCN(CC(CN)c2ccccc2)C1=O. The first kappa shape index (κ1) is 11.9. The van der Waals surface area contributed by atoms with Crippen molar-refractivity contribution in [1.29, 1.82) is 0 Å². The largest absolute Gasteiger partial charge is 0.330 e. The minimum absolute atomic E-state index is 0.111. The van der Waals surface area contributed by atoms with Gasteiger partial charge < -0.3 is 15.5 Å². The summed E-state index contributed by atoms with van der Waals surface area (Å²) in [5.74, 6) is 0.228. The summed E-state index contributed by atoms with van der Waals surface area (Å²) in [6, 6.07) is 10.3. The van der Waals surface area contributed by atoms with Gasteiger partial charge in [-0.2, -0.15) is 0 Å². The first-order chi connectivity index (χ1) is 8.22. The van der Waals surface area contributed by atoms with E-state index in [0.717, 1.165) is 13.1 Å². The third-order valence-corrected chi connectivity index (χ3v) is 3.30. The van der Waals surface area contributed by atoms with E-state index in [1.165, 1.54) is 5.56 Å². The molecule has 1 heterocycles. The van der Waals surface area contributed by atoms with Gasteiger partial charge in [0.1, 0.15) is 0 Å². The molecule has 4 nitrogen and oxygen atoms in total. The second-order valence-corrected chi connectivity index (χ2v) is 4.49. The van der Waals surface area contributed by atoms with Gasteiger partial charge in [-0.3, -0.25) is 0 Å². The van der Waals surface area contributed by atoms with Gasteiger partial charge in [0.05, 0.1) is 0 Å². The molecule has 0 radical (unpaired) electrons. The molecule has 0 bridgehead atoms. The van der Waals surface area contributed by atoms with Crippen molar-refractivity contribution >= 4 is 6.03 Å². The fourth-order valence-electron chi connectivity index (χ4n) is 2.18. The topological polar surface area (TPSA) is 49.6 Å². The molecule has 1 aliphatic heterocycles. The summed E-state index contributed by atoms with van der Waals surface area (Å²) in [5, 5.41) is 0. The molecule has 2 amide bonds. The summed E-state index contributed by atoms with van der Waals surface area (Å²) < 4.78 is 0. The predicted octanol–water partition coefficient (Wildman–Crippen LogP) is 1.10. The summed E-state index contributed by atoms with van der Waals surface area (Å²) in [7, 11) is 1.84. The van der Waals surface area contributed by atoms with Gasteiger partial charge in [-0.15, -0.1) is 0 Å². The molecule has 1 saturated heterocycles. The van der Waals surface area contributed by atoms with E-state index >= 15 is 0 Å². The van der Waals surface area contributed by atoms with Crippen LogP contribution in [0.25, 0.3) is 0 Å². The number of urea groups is 1. The van der Waals surface area contributed by atoms with Gasteiger partial charge in [-0.1, -0.05) is 30.3 Å². The van der Waals surface area contributed by atoms with Crippen molar-refractivity contribution in [2.24, 2.45) is 5.73 Å². The molecule has 17 heavy (non-hydrogen) atoms. The zero-order valence-corrected chi connectivity index (χ0v) is 10.2. The maximum atomic E-state index is 11.8. The lowest BCUT2D eigenvalue weighted by molar-refractivity contribution is 0.196. The number of hydrogen-bond donors (Lipinski definition) is 1. The number of nitrogens with two attached hydrogens (primary N) is 1. The quantitative estimate of drug-likeness (QED) is 0.846. The molecule has 1 fully saturated rings. The highest BCUT2D eigenvalue weighted by atomic mass is 16.2. The second-order valence-electron chi connectivity index (χ2n) is 4.49. The average Bonchev–Trinajstić information content (AvgIpc) is 2.68. The van der Waals surface area contributed by atoms with Crippen molar-refractivity contribution in [2.75, 3.05) is 33.2 Å². The Morgan fingerprint density at radius 3 is 2.53 bits per heavy atom. The predicted molar refractivity (Wildman–Crippen MR) is 67.8 cm³/mol. The molecule has 1 unspecified atom stereocenters. The van der Waals surface area contributed by atoms with Crippen molar-refractivity contribution in [3.8, 4) is 0 Å². The molecule has 4 heteroatoms. The number of carbonyl (C=O) groups is 1. The summed E-state index contributed by atoms with van der Waals surface area (Å²) in [6.45, 7) is 2.89. The molecule has 92 valence electrons. The number of carbonyl (C=O) groups excluding carboxylic acids is 1. The van der Waals surface area contributed by atoms with Crippen LogP contribution in [-0.4, -0.2) is 49.1 Å². The Labute approximate surface area is 102 Å². The standard InChI is InChI=1S/C13H19N3O/c1-15-7-8-16(13(15)17)10-12(9-14)11-5-3-2-4-6-11/h2-6,12H,7-10,14H2,1H3.